The van der Waals surface area contributed by atoms with E-state index in [9.17, 15) is 4.79 Å². The highest BCUT2D eigenvalue weighted by Gasteiger charge is 2.01. The van der Waals surface area contributed by atoms with Crippen LogP contribution in [0.25, 0.3) is 6.08 Å². The number of para-hydroxylation sites is 1. The molecule has 0 aliphatic carbocycles. The van der Waals surface area contributed by atoms with Crippen molar-refractivity contribution >= 4 is 60.9 Å². The molecule has 1 heterocycles. The van der Waals surface area contributed by atoms with Gasteiger partial charge in [0, 0.05) is 15.4 Å². The van der Waals surface area contributed by atoms with Crippen LogP contribution in [-0.2, 0) is 4.79 Å². The first-order valence-electron chi connectivity index (χ1n) is 5.14. The Morgan fingerprint density at radius 2 is 1.94 bits per heavy atom. The molecule has 0 aliphatic rings. The smallest absolute Gasteiger partial charge is 0.248 e. The Bertz CT molecular complexity index is 592. The number of benzene rings is 1. The SMILES string of the molecule is O=C(/C=C/c1ccc(Br)s1)Nc1ccccc1Br. The number of anilines is 1. The summed E-state index contributed by atoms with van der Waals surface area (Å²) in [4.78, 5) is 12.8. The summed E-state index contributed by atoms with van der Waals surface area (Å²) in [5.41, 5.74) is 0.763. The van der Waals surface area contributed by atoms with Crippen LogP contribution in [0.3, 0.4) is 0 Å². The molecule has 2 aromatic rings. The minimum absolute atomic E-state index is 0.147. The summed E-state index contributed by atoms with van der Waals surface area (Å²) in [5, 5.41) is 2.81. The van der Waals surface area contributed by atoms with Crippen LogP contribution in [0.5, 0.6) is 0 Å². The fraction of sp³-hybridized carbons (Fsp3) is 0. The van der Waals surface area contributed by atoms with Crippen LogP contribution in [-0.4, -0.2) is 5.91 Å². The second-order valence-corrected chi connectivity index (χ2v) is 6.79. The molecule has 5 heteroatoms. The van der Waals surface area contributed by atoms with Gasteiger partial charge in [0.15, 0.2) is 0 Å². The minimum atomic E-state index is -0.147. The lowest BCUT2D eigenvalue weighted by Gasteiger charge is -2.03. The predicted octanol–water partition coefficient (Wildman–Crippen LogP) is 4.93. The van der Waals surface area contributed by atoms with E-state index in [0.717, 1.165) is 18.8 Å². The summed E-state index contributed by atoms with van der Waals surface area (Å²) in [6.07, 6.45) is 3.32. The predicted molar refractivity (Wildman–Crippen MR) is 83.8 cm³/mol. The summed E-state index contributed by atoms with van der Waals surface area (Å²) in [6, 6.07) is 11.4. The first-order valence-corrected chi connectivity index (χ1v) is 7.54. The maximum Gasteiger partial charge on any atom is 0.248 e. The summed E-state index contributed by atoms with van der Waals surface area (Å²) in [6.45, 7) is 0. The average Bonchev–Trinajstić information content (AvgIpc) is 2.76. The molecule has 1 aromatic heterocycles. The molecule has 0 spiro atoms. The molecule has 0 saturated carbocycles. The third kappa shape index (κ3) is 3.80. The lowest BCUT2D eigenvalue weighted by molar-refractivity contribution is -0.111. The second kappa shape index (κ2) is 6.31. The van der Waals surface area contributed by atoms with Gasteiger partial charge in [-0.1, -0.05) is 12.1 Å². The normalized spacial score (nSPS) is 10.8. The van der Waals surface area contributed by atoms with Crippen molar-refractivity contribution in [2.24, 2.45) is 0 Å². The Morgan fingerprint density at radius 3 is 2.61 bits per heavy atom. The van der Waals surface area contributed by atoms with E-state index in [1.165, 1.54) is 6.08 Å². The van der Waals surface area contributed by atoms with Gasteiger partial charge in [-0.15, -0.1) is 11.3 Å². The minimum Gasteiger partial charge on any atom is -0.321 e. The topological polar surface area (TPSA) is 29.1 Å². The van der Waals surface area contributed by atoms with Crippen LogP contribution < -0.4 is 5.32 Å². The van der Waals surface area contributed by atoms with Crippen LogP contribution in [0.2, 0.25) is 0 Å². The Kier molecular flexibility index (Phi) is 4.74. The highest BCUT2D eigenvalue weighted by molar-refractivity contribution is 9.11. The summed E-state index contributed by atoms with van der Waals surface area (Å²) in [7, 11) is 0. The van der Waals surface area contributed by atoms with Crippen LogP contribution in [0, 0.1) is 0 Å². The molecule has 0 aliphatic heterocycles. The Balaban J connectivity index is 2.01. The monoisotopic (exact) mass is 385 g/mol. The van der Waals surface area contributed by atoms with Crippen molar-refractivity contribution in [3.63, 3.8) is 0 Å². The molecular weight excluding hydrogens is 378 g/mol. The lowest BCUT2D eigenvalue weighted by atomic mass is 10.3. The third-order valence-electron chi connectivity index (χ3n) is 2.12. The molecular formula is C13H9Br2NOS. The van der Waals surface area contributed by atoms with Gasteiger partial charge < -0.3 is 5.32 Å². The summed E-state index contributed by atoms with van der Waals surface area (Å²) >= 11 is 8.34. The van der Waals surface area contributed by atoms with Gasteiger partial charge in [0.05, 0.1) is 9.47 Å². The molecule has 2 nitrogen and oxygen atoms in total. The molecule has 0 atom stereocenters. The number of nitrogens with one attached hydrogen (secondary N) is 1. The molecule has 1 aromatic carbocycles. The standard InChI is InChI=1S/C13H9Br2NOS/c14-10-3-1-2-4-11(10)16-13(17)8-6-9-5-7-12(15)18-9/h1-8H,(H,16,17)/b8-6+. The number of carbonyl (C=O) groups is 1. The zero-order valence-electron chi connectivity index (χ0n) is 9.19. The number of carbonyl (C=O) groups excluding carboxylic acids is 1. The summed E-state index contributed by atoms with van der Waals surface area (Å²) in [5.74, 6) is -0.147. The highest BCUT2D eigenvalue weighted by Crippen LogP contribution is 2.23. The van der Waals surface area contributed by atoms with Gasteiger partial charge >= 0.3 is 0 Å². The van der Waals surface area contributed by atoms with Crippen LogP contribution in [0.15, 0.2) is 50.7 Å². The first kappa shape index (κ1) is 13.5. The van der Waals surface area contributed by atoms with Gasteiger partial charge in [0.25, 0.3) is 0 Å². The van der Waals surface area contributed by atoms with Crippen LogP contribution in [0.1, 0.15) is 4.88 Å². The molecule has 92 valence electrons. The fourth-order valence-corrected chi connectivity index (χ4v) is 3.02. The number of hydrogen-bond donors (Lipinski definition) is 1. The Hall–Kier alpha value is -0.910. The van der Waals surface area contributed by atoms with Crippen molar-refractivity contribution in [2.75, 3.05) is 5.32 Å². The maximum absolute atomic E-state index is 11.7. The van der Waals surface area contributed by atoms with E-state index in [4.69, 9.17) is 0 Å². The molecule has 0 saturated heterocycles. The van der Waals surface area contributed by atoms with E-state index >= 15 is 0 Å². The van der Waals surface area contributed by atoms with E-state index in [2.05, 4.69) is 37.2 Å². The van der Waals surface area contributed by atoms with E-state index in [1.807, 2.05) is 36.4 Å². The maximum atomic E-state index is 11.7. The van der Waals surface area contributed by atoms with Crippen molar-refractivity contribution in [3.05, 3.63) is 55.6 Å². The van der Waals surface area contributed by atoms with E-state index in [1.54, 1.807) is 17.4 Å². The molecule has 2 rings (SSSR count). The van der Waals surface area contributed by atoms with Crippen molar-refractivity contribution in [3.8, 4) is 0 Å². The second-order valence-electron chi connectivity index (χ2n) is 3.44. The Labute approximate surface area is 126 Å². The Morgan fingerprint density at radius 1 is 1.17 bits per heavy atom. The largest absolute Gasteiger partial charge is 0.321 e. The molecule has 0 fully saturated rings. The van der Waals surface area contributed by atoms with Gasteiger partial charge in [0.2, 0.25) is 5.91 Å². The highest BCUT2D eigenvalue weighted by atomic mass is 79.9. The number of rotatable bonds is 3. The van der Waals surface area contributed by atoms with Gasteiger partial charge in [-0.25, -0.2) is 0 Å². The molecule has 1 N–H and O–H groups in total. The lowest BCUT2D eigenvalue weighted by Crippen LogP contribution is -2.07. The van der Waals surface area contributed by atoms with Gasteiger partial charge in [-0.3, -0.25) is 4.79 Å². The molecule has 0 unspecified atom stereocenters. The van der Waals surface area contributed by atoms with Crippen LogP contribution >= 0.6 is 43.2 Å². The van der Waals surface area contributed by atoms with Crippen molar-refractivity contribution in [1.82, 2.24) is 0 Å². The van der Waals surface area contributed by atoms with Crippen molar-refractivity contribution in [1.29, 1.82) is 0 Å². The fourth-order valence-electron chi connectivity index (χ4n) is 1.31. The van der Waals surface area contributed by atoms with E-state index in [-0.39, 0.29) is 5.91 Å². The number of halogens is 2. The van der Waals surface area contributed by atoms with E-state index < -0.39 is 0 Å². The zero-order chi connectivity index (χ0) is 13.0. The van der Waals surface area contributed by atoms with Crippen molar-refractivity contribution in [2.45, 2.75) is 0 Å². The third-order valence-corrected chi connectivity index (χ3v) is 4.41. The van der Waals surface area contributed by atoms with Crippen molar-refractivity contribution < 1.29 is 4.79 Å². The number of amides is 1. The van der Waals surface area contributed by atoms with Crippen LogP contribution in [0.4, 0.5) is 5.69 Å². The first-order chi connectivity index (χ1) is 8.65. The molecule has 18 heavy (non-hydrogen) atoms. The summed E-state index contributed by atoms with van der Waals surface area (Å²) < 4.78 is 1.92. The van der Waals surface area contributed by atoms with E-state index in [0.29, 0.717) is 0 Å². The number of thiophene rings is 1. The van der Waals surface area contributed by atoms with Gasteiger partial charge in [-0.2, -0.15) is 0 Å². The molecule has 0 bridgehead atoms. The van der Waals surface area contributed by atoms with Gasteiger partial charge in [-0.05, 0) is 62.2 Å². The average molecular weight is 387 g/mol. The zero-order valence-corrected chi connectivity index (χ0v) is 13.2. The van der Waals surface area contributed by atoms with Gasteiger partial charge in [0.1, 0.15) is 0 Å². The molecule has 1 amide bonds. The quantitative estimate of drug-likeness (QED) is 0.744. The molecule has 0 radical (unpaired) electrons. The number of hydrogen-bond acceptors (Lipinski definition) is 2.